The van der Waals surface area contributed by atoms with Gasteiger partial charge in [0.15, 0.2) is 0 Å². The van der Waals surface area contributed by atoms with Gasteiger partial charge in [-0.1, -0.05) is 19.8 Å². The fraction of sp³-hybridized carbons (Fsp3) is 0.909. The second-order valence-electron chi connectivity index (χ2n) is 4.28. The molecule has 0 aromatic carbocycles. The molecular formula is C11H19NO. The average Bonchev–Trinajstić information content (AvgIpc) is 2.20. The first-order valence-corrected chi connectivity index (χ1v) is 5.28. The van der Waals surface area contributed by atoms with E-state index in [4.69, 9.17) is 10.4 Å². The van der Waals surface area contributed by atoms with Crippen LogP contribution in [0, 0.1) is 22.7 Å². The van der Waals surface area contributed by atoms with Gasteiger partial charge in [0, 0.05) is 0 Å². The molecule has 2 nitrogen and oxygen atoms in total. The molecule has 1 fully saturated rings. The van der Waals surface area contributed by atoms with E-state index in [1.165, 1.54) is 12.8 Å². The monoisotopic (exact) mass is 181 g/mol. The van der Waals surface area contributed by atoms with Crippen LogP contribution in [0.25, 0.3) is 0 Å². The third-order valence-electron chi connectivity index (χ3n) is 3.30. The van der Waals surface area contributed by atoms with Crippen molar-refractivity contribution in [1.82, 2.24) is 0 Å². The van der Waals surface area contributed by atoms with Crippen molar-refractivity contribution in [2.24, 2.45) is 11.3 Å². The minimum absolute atomic E-state index is 0.0440. The molecule has 0 aliphatic heterocycles. The normalized spacial score (nSPS) is 34.1. The third kappa shape index (κ3) is 2.45. The van der Waals surface area contributed by atoms with Gasteiger partial charge in [-0.3, -0.25) is 0 Å². The van der Waals surface area contributed by atoms with Crippen LogP contribution < -0.4 is 0 Å². The lowest BCUT2D eigenvalue weighted by molar-refractivity contribution is 0.110. The van der Waals surface area contributed by atoms with Crippen LogP contribution in [0.4, 0.5) is 0 Å². The van der Waals surface area contributed by atoms with Crippen LogP contribution in [-0.4, -0.2) is 11.7 Å². The number of aliphatic hydroxyl groups excluding tert-OH is 1. The average molecular weight is 181 g/mol. The van der Waals surface area contributed by atoms with Gasteiger partial charge in [-0.25, -0.2) is 0 Å². The van der Waals surface area contributed by atoms with E-state index >= 15 is 0 Å². The Bertz CT molecular complexity index is 187. The molecule has 0 saturated heterocycles. The number of hydrogen-bond acceptors (Lipinski definition) is 2. The predicted molar refractivity (Wildman–Crippen MR) is 52.0 cm³/mol. The zero-order valence-corrected chi connectivity index (χ0v) is 8.42. The second-order valence-corrected chi connectivity index (χ2v) is 4.28. The van der Waals surface area contributed by atoms with Crippen molar-refractivity contribution >= 4 is 0 Å². The van der Waals surface area contributed by atoms with Crippen molar-refractivity contribution in [3.8, 4) is 6.07 Å². The van der Waals surface area contributed by atoms with Crippen LogP contribution in [0.1, 0.15) is 45.4 Å². The van der Waals surface area contributed by atoms with E-state index in [1.54, 1.807) is 0 Å². The second kappa shape index (κ2) is 4.62. The minimum atomic E-state index is -0.399. The largest absolute Gasteiger partial charge is 0.395 e. The maximum Gasteiger partial charge on any atom is 0.0804 e. The zero-order valence-electron chi connectivity index (χ0n) is 8.42. The SMILES string of the molecule is CCCC1CCC(C#N)(CO)CC1. The van der Waals surface area contributed by atoms with E-state index in [-0.39, 0.29) is 6.61 Å². The summed E-state index contributed by atoms with van der Waals surface area (Å²) in [5.74, 6) is 0.804. The van der Waals surface area contributed by atoms with Crippen LogP contribution in [0.3, 0.4) is 0 Å². The predicted octanol–water partition coefficient (Wildman–Crippen LogP) is 2.48. The minimum Gasteiger partial charge on any atom is -0.395 e. The Hall–Kier alpha value is -0.550. The van der Waals surface area contributed by atoms with Gasteiger partial charge >= 0.3 is 0 Å². The number of rotatable bonds is 3. The maximum atomic E-state index is 9.14. The smallest absolute Gasteiger partial charge is 0.0804 e. The Kier molecular flexibility index (Phi) is 3.74. The maximum absolute atomic E-state index is 9.14. The molecule has 0 unspecified atom stereocenters. The van der Waals surface area contributed by atoms with Gasteiger partial charge in [0.05, 0.1) is 18.1 Å². The number of nitrogens with zero attached hydrogens (tertiary/aromatic N) is 1. The van der Waals surface area contributed by atoms with Crippen LogP contribution in [0.2, 0.25) is 0 Å². The van der Waals surface area contributed by atoms with E-state index in [9.17, 15) is 0 Å². The molecule has 1 rings (SSSR count). The first-order valence-electron chi connectivity index (χ1n) is 5.28. The molecule has 1 aliphatic rings. The van der Waals surface area contributed by atoms with E-state index in [2.05, 4.69) is 13.0 Å². The molecule has 0 atom stereocenters. The highest BCUT2D eigenvalue weighted by molar-refractivity contribution is 5.01. The lowest BCUT2D eigenvalue weighted by Gasteiger charge is -2.33. The highest BCUT2D eigenvalue weighted by Crippen LogP contribution is 2.39. The Morgan fingerprint density at radius 3 is 2.46 bits per heavy atom. The number of aliphatic hydroxyl groups is 1. The van der Waals surface area contributed by atoms with Gasteiger partial charge in [0.1, 0.15) is 0 Å². The van der Waals surface area contributed by atoms with Gasteiger partial charge in [-0.05, 0) is 31.6 Å². The lowest BCUT2D eigenvalue weighted by Crippen LogP contribution is -2.29. The van der Waals surface area contributed by atoms with Crippen LogP contribution in [0.15, 0.2) is 0 Å². The van der Waals surface area contributed by atoms with E-state index in [0.717, 1.165) is 31.6 Å². The molecule has 0 amide bonds. The first-order chi connectivity index (χ1) is 6.26. The van der Waals surface area contributed by atoms with Crippen LogP contribution in [-0.2, 0) is 0 Å². The Morgan fingerprint density at radius 1 is 1.46 bits per heavy atom. The molecule has 0 bridgehead atoms. The Morgan fingerprint density at radius 2 is 2.08 bits per heavy atom. The molecule has 0 heterocycles. The summed E-state index contributed by atoms with van der Waals surface area (Å²) in [7, 11) is 0. The summed E-state index contributed by atoms with van der Waals surface area (Å²) in [5.41, 5.74) is -0.399. The fourth-order valence-corrected chi connectivity index (χ4v) is 2.23. The first kappa shape index (κ1) is 10.5. The molecule has 1 aliphatic carbocycles. The van der Waals surface area contributed by atoms with Gasteiger partial charge in [0.2, 0.25) is 0 Å². The van der Waals surface area contributed by atoms with Crippen molar-refractivity contribution in [2.45, 2.75) is 45.4 Å². The van der Waals surface area contributed by atoms with E-state index in [0.29, 0.717) is 0 Å². The quantitative estimate of drug-likeness (QED) is 0.727. The summed E-state index contributed by atoms with van der Waals surface area (Å²) in [5, 5.41) is 18.1. The summed E-state index contributed by atoms with van der Waals surface area (Å²) in [4.78, 5) is 0. The Balaban J connectivity index is 2.42. The lowest BCUT2D eigenvalue weighted by atomic mass is 9.71. The topological polar surface area (TPSA) is 44.0 Å². The zero-order chi connectivity index (χ0) is 9.73. The summed E-state index contributed by atoms with van der Waals surface area (Å²) in [6.07, 6.45) is 6.57. The van der Waals surface area contributed by atoms with Gasteiger partial charge in [-0.15, -0.1) is 0 Å². The molecule has 1 N–H and O–H groups in total. The molecule has 0 spiro atoms. The van der Waals surface area contributed by atoms with Crippen LogP contribution in [0.5, 0.6) is 0 Å². The fourth-order valence-electron chi connectivity index (χ4n) is 2.23. The summed E-state index contributed by atoms with van der Waals surface area (Å²) >= 11 is 0. The highest BCUT2D eigenvalue weighted by Gasteiger charge is 2.34. The van der Waals surface area contributed by atoms with E-state index in [1.807, 2.05) is 0 Å². The molecule has 0 aromatic heterocycles. The Labute approximate surface area is 80.6 Å². The van der Waals surface area contributed by atoms with Crippen molar-refractivity contribution in [2.75, 3.05) is 6.61 Å². The molecule has 2 heteroatoms. The molecule has 0 radical (unpaired) electrons. The van der Waals surface area contributed by atoms with Gasteiger partial charge < -0.3 is 5.11 Å². The standard InChI is InChI=1S/C11H19NO/c1-2-3-10-4-6-11(8-12,9-13)7-5-10/h10,13H,2-7,9H2,1H3. The summed E-state index contributed by atoms with van der Waals surface area (Å²) in [6, 6.07) is 2.28. The summed E-state index contributed by atoms with van der Waals surface area (Å²) < 4.78 is 0. The van der Waals surface area contributed by atoms with Crippen molar-refractivity contribution in [3.05, 3.63) is 0 Å². The summed E-state index contributed by atoms with van der Waals surface area (Å²) in [6.45, 7) is 2.25. The molecule has 13 heavy (non-hydrogen) atoms. The number of nitriles is 1. The van der Waals surface area contributed by atoms with Gasteiger partial charge in [0.25, 0.3) is 0 Å². The van der Waals surface area contributed by atoms with Crippen molar-refractivity contribution in [1.29, 1.82) is 5.26 Å². The number of hydrogen-bond donors (Lipinski definition) is 1. The van der Waals surface area contributed by atoms with Crippen molar-refractivity contribution in [3.63, 3.8) is 0 Å². The van der Waals surface area contributed by atoms with Crippen molar-refractivity contribution < 1.29 is 5.11 Å². The van der Waals surface area contributed by atoms with Gasteiger partial charge in [-0.2, -0.15) is 5.26 Å². The van der Waals surface area contributed by atoms with E-state index < -0.39 is 5.41 Å². The molecule has 74 valence electrons. The molecule has 0 aromatic rings. The molecular weight excluding hydrogens is 162 g/mol. The molecule has 1 saturated carbocycles. The van der Waals surface area contributed by atoms with Crippen LogP contribution >= 0.6 is 0 Å². The third-order valence-corrected chi connectivity index (χ3v) is 3.30. The highest BCUT2D eigenvalue weighted by atomic mass is 16.3.